The summed E-state index contributed by atoms with van der Waals surface area (Å²) in [6.45, 7) is 1.38. The Kier molecular flexibility index (Phi) is 4.95. The summed E-state index contributed by atoms with van der Waals surface area (Å²) >= 11 is 0. The first kappa shape index (κ1) is 18.4. The molecule has 0 saturated carbocycles. The Balaban J connectivity index is 1.43. The van der Waals surface area contributed by atoms with Crippen molar-refractivity contribution >= 4 is 15.9 Å². The molecule has 4 rings (SSSR count). The number of rotatable bonds is 4. The second-order valence-electron chi connectivity index (χ2n) is 6.77. The average Bonchev–Trinajstić information content (AvgIpc) is 3.30. The maximum atomic E-state index is 12.8. The number of hydrogen-bond donors (Lipinski definition) is 0. The second kappa shape index (κ2) is 7.55. The van der Waals surface area contributed by atoms with Gasteiger partial charge in [-0.05, 0) is 48.6 Å². The third kappa shape index (κ3) is 3.55. The molecule has 1 amide bonds. The van der Waals surface area contributed by atoms with Gasteiger partial charge in [-0.1, -0.05) is 30.3 Å². The van der Waals surface area contributed by atoms with Crippen LogP contribution in [0, 0.1) is 0 Å². The molecule has 1 fully saturated rings. The first-order chi connectivity index (χ1) is 13.6. The van der Waals surface area contributed by atoms with Crippen molar-refractivity contribution in [1.82, 2.24) is 19.1 Å². The zero-order valence-corrected chi connectivity index (χ0v) is 16.0. The monoisotopic (exact) mass is 396 g/mol. The van der Waals surface area contributed by atoms with Gasteiger partial charge in [-0.15, -0.1) is 9.19 Å². The van der Waals surface area contributed by atoms with Crippen molar-refractivity contribution in [1.29, 1.82) is 0 Å². The maximum absolute atomic E-state index is 12.8. The minimum atomic E-state index is -3.78. The van der Waals surface area contributed by atoms with E-state index < -0.39 is 10.0 Å². The van der Waals surface area contributed by atoms with E-state index in [1.807, 2.05) is 23.1 Å². The van der Waals surface area contributed by atoms with Gasteiger partial charge in [0.25, 0.3) is 15.9 Å². The van der Waals surface area contributed by atoms with E-state index in [9.17, 15) is 13.2 Å². The summed E-state index contributed by atoms with van der Waals surface area (Å²) in [5, 5.41) is 3.67. The van der Waals surface area contributed by atoms with Crippen LogP contribution in [0.15, 0.2) is 72.1 Å². The molecule has 2 heterocycles. The number of aromatic nitrogens is 3. The molecule has 1 aromatic heterocycles. The number of hydrogen-bond acceptors (Lipinski definition) is 5. The molecule has 2 aromatic carbocycles. The van der Waals surface area contributed by atoms with Gasteiger partial charge in [0, 0.05) is 18.7 Å². The Morgan fingerprint density at radius 2 is 1.64 bits per heavy atom. The molecule has 144 valence electrons. The van der Waals surface area contributed by atoms with Crippen molar-refractivity contribution in [2.24, 2.45) is 0 Å². The molecule has 28 heavy (non-hydrogen) atoms. The van der Waals surface area contributed by atoms with Crippen LogP contribution in [0.1, 0.15) is 34.7 Å². The summed E-state index contributed by atoms with van der Waals surface area (Å²) in [4.78, 5) is 18.3. The van der Waals surface area contributed by atoms with Crippen molar-refractivity contribution in [2.75, 3.05) is 13.1 Å². The number of nitrogens with zero attached hydrogens (tertiary/aromatic N) is 4. The number of carbonyl (C=O) groups excluding carboxylic acids is 1. The van der Waals surface area contributed by atoms with Gasteiger partial charge in [-0.3, -0.25) is 4.79 Å². The zero-order valence-electron chi connectivity index (χ0n) is 15.2. The van der Waals surface area contributed by atoms with Crippen LogP contribution in [0.5, 0.6) is 0 Å². The summed E-state index contributed by atoms with van der Waals surface area (Å²) in [5.41, 5.74) is 1.80. The number of benzene rings is 2. The number of carbonyl (C=O) groups is 1. The summed E-state index contributed by atoms with van der Waals surface area (Å²) in [6.07, 6.45) is 4.14. The van der Waals surface area contributed by atoms with Crippen LogP contribution in [0.3, 0.4) is 0 Å². The molecule has 0 spiro atoms. The van der Waals surface area contributed by atoms with Gasteiger partial charge in [0.05, 0.1) is 4.90 Å². The van der Waals surface area contributed by atoms with Crippen LogP contribution >= 0.6 is 0 Å². The third-order valence-electron chi connectivity index (χ3n) is 5.10. The number of piperidine rings is 1. The highest BCUT2D eigenvalue weighted by atomic mass is 32.2. The largest absolute Gasteiger partial charge is 0.339 e. The highest BCUT2D eigenvalue weighted by Gasteiger charge is 2.25. The Morgan fingerprint density at radius 1 is 0.964 bits per heavy atom. The molecule has 0 unspecified atom stereocenters. The summed E-state index contributed by atoms with van der Waals surface area (Å²) in [7, 11) is -3.78. The maximum Gasteiger partial charge on any atom is 0.284 e. The fraction of sp³-hybridized carbons (Fsp3) is 0.250. The molecule has 0 bridgehead atoms. The van der Waals surface area contributed by atoms with E-state index in [1.165, 1.54) is 17.7 Å². The molecular weight excluding hydrogens is 376 g/mol. The SMILES string of the molecule is O=C(c1ccc(S(=O)(=O)n2cncn2)cc1)N1CCC(c2ccccc2)CC1. The fourth-order valence-corrected chi connectivity index (χ4v) is 4.56. The van der Waals surface area contributed by atoms with Crippen molar-refractivity contribution in [3.8, 4) is 0 Å². The van der Waals surface area contributed by atoms with Crippen LogP contribution in [-0.2, 0) is 10.0 Å². The smallest absolute Gasteiger partial charge is 0.284 e. The van der Waals surface area contributed by atoms with Crippen LogP contribution in [-0.4, -0.2) is 46.5 Å². The van der Waals surface area contributed by atoms with Crippen LogP contribution < -0.4 is 0 Å². The van der Waals surface area contributed by atoms with Gasteiger partial charge in [0.1, 0.15) is 12.7 Å². The second-order valence-corrected chi connectivity index (χ2v) is 8.57. The predicted octanol–water partition coefficient (Wildman–Crippen LogP) is 2.53. The highest BCUT2D eigenvalue weighted by molar-refractivity contribution is 7.89. The molecule has 0 radical (unpaired) electrons. The van der Waals surface area contributed by atoms with E-state index >= 15 is 0 Å². The third-order valence-corrected chi connectivity index (χ3v) is 6.65. The van der Waals surface area contributed by atoms with E-state index in [2.05, 4.69) is 22.2 Å². The van der Waals surface area contributed by atoms with E-state index in [0.29, 0.717) is 24.6 Å². The minimum absolute atomic E-state index is 0.0670. The normalized spacial score (nSPS) is 15.5. The van der Waals surface area contributed by atoms with Gasteiger partial charge in [-0.25, -0.2) is 4.98 Å². The van der Waals surface area contributed by atoms with Gasteiger partial charge in [0.2, 0.25) is 0 Å². The van der Waals surface area contributed by atoms with Crippen molar-refractivity contribution in [3.63, 3.8) is 0 Å². The Bertz CT molecular complexity index is 1040. The van der Waals surface area contributed by atoms with E-state index in [1.54, 1.807) is 12.1 Å². The minimum Gasteiger partial charge on any atom is -0.339 e. The van der Waals surface area contributed by atoms with Crippen molar-refractivity contribution in [3.05, 3.63) is 78.4 Å². The lowest BCUT2D eigenvalue weighted by Gasteiger charge is -2.32. The molecule has 8 heteroatoms. The molecule has 0 aliphatic carbocycles. The molecule has 1 saturated heterocycles. The Labute approximate surface area is 163 Å². The Hall–Kier alpha value is -3.00. The van der Waals surface area contributed by atoms with Crippen molar-refractivity contribution in [2.45, 2.75) is 23.7 Å². The van der Waals surface area contributed by atoms with Crippen LogP contribution in [0.2, 0.25) is 0 Å². The van der Waals surface area contributed by atoms with Gasteiger partial charge < -0.3 is 4.90 Å². The standard InChI is InChI=1S/C20H20N4O3S/c25-20(23-12-10-17(11-13-23)16-4-2-1-3-5-16)18-6-8-19(9-7-18)28(26,27)24-15-21-14-22-24/h1-9,14-15,17H,10-13H2. The molecule has 7 nitrogen and oxygen atoms in total. The van der Waals surface area contributed by atoms with Crippen LogP contribution in [0.25, 0.3) is 0 Å². The predicted molar refractivity (Wildman–Crippen MR) is 103 cm³/mol. The zero-order chi connectivity index (χ0) is 19.6. The quantitative estimate of drug-likeness (QED) is 0.677. The first-order valence-corrected chi connectivity index (χ1v) is 10.5. The molecular formula is C20H20N4O3S. The lowest BCUT2D eigenvalue weighted by atomic mass is 9.89. The molecule has 0 atom stereocenters. The highest BCUT2D eigenvalue weighted by Crippen LogP contribution is 2.28. The summed E-state index contributed by atoms with van der Waals surface area (Å²) < 4.78 is 25.6. The van der Waals surface area contributed by atoms with Gasteiger partial charge >= 0.3 is 0 Å². The fourth-order valence-electron chi connectivity index (χ4n) is 3.52. The number of likely N-dealkylation sites (tertiary alicyclic amines) is 1. The molecule has 1 aliphatic rings. The lowest BCUT2D eigenvalue weighted by molar-refractivity contribution is 0.0713. The Morgan fingerprint density at radius 3 is 2.25 bits per heavy atom. The van der Waals surface area contributed by atoms with E-state index in [0.717, 1.165) is 29.6 Å². The lowest BCUT2D eigenvalue weighted by Crippen LogP contribution is -2.37. The molecule has 0 N–H and O–H groups in total. The van der Waals surface area contributed by atoms with E-state index in [-0.39, 0.29) is 10.8 Å². The number of amides is 1. The van der Waals surface area contributed by atoms with Crippen molar-refractivity contribution < 1.29 is 13.2 Å². The summed E-state index contributed by atoms with van der Waals surface area (Å²) in [6, 6.07) is 16.3. The topological polar surface area (TPSA) is 85.2 Å². The molecule has 3 aromatic rings. The first-order valence-electron chi connectivity index (χ1n) is 9.10. The average molecular weight is 396 g/mol. The molecule has 1 aliphatic heterocycles. The van der Waals surface area contributed by atoms with Crippen LogP contribution in [0.4, 0.5) is 0 Å². The van der Waals surface area contributed by atoms with Gasteiger partial charge in [-0.2, -0.15) is 8.42 Å². The summed E-state index contributed by atoms with van der Waals surface area (Å²) in [5.74, 6) is 0.400. The van der Waals surface area contributed by atoms with E-state index in [4.69, 9.17) is 0 Å². The van der Waals surface area contributed by atoms with Gasteiger partial charge in [0.15, 0.2) is 0 Å².